The highest BCUT2D eigenvalue weighted by atomic mass is 16.4. The van der Waals surface area contributed by atoms with Crippen molar-refractivity contribution in [2.24, 2.45) is 5.92 Å². The Kier molecular flexibility index (Phi) is 5.21. The highest BCUT2D eigenvalue weighted by molar-refractivity contribution is 5.82. The van der Waals surface area contributed by atoms with E-state index < -0.39 is 24.6 Å². The van der Waals surface area contributed by atoms with Crippen LogP contribution in [0.1, 0.15) is 32.6 Å². The fraction of sp³-hybridized carbons (Fsp3) is 0.818. The van der Waals surface area contributed by atoms with E-state index in [9.17, 15) is 9.59 Å². The van der Waals surface area contributed by atoms with Crippen molar-refractivity contribution in [2.75, 3.05) is 6.61 Å². The molecule has 0 saturated heterocycles. The Hall–Kier alpha value is -1.30. The maximum Gasteiger partial charge on any atom is 0.328 e. The average molecular weight is 244 g/mol. The van der Waals surface area contributed by atoms with Crippen molar-refractivity contribution in [2.45, 2.75) is 44.7 Å². The number of carboxylic acids is 1. The molecule has 0 bridgehead atoms. The fourth-order valence-electron chi connectivity index (χ4n) is 2.08. The van der Waals surface area contributed by atoms with Gasteiger partial charge in [0.05, 0.1) is 6.61 Å². The third-order valence-electron chi connectivity index (χ3n) is 3.21. The van der Waals surface area contributed by atoms with E-state index in [1.54, 1.807) is 0 Å². The molecule has 0 aliphatic heterocycles. The summed E-state index contributed by atoms with van der Waals surface area (Å²) in [4.78, 5) is 22.2. The summed E-state index contributed by atoms with van der Waals surface area (Å²) in [5.74, 6) is -0.828. The highest BCUT2D eigenvalue weighted by Crippen LogP contribution is 2.23. The number of hydrogen-bond donors (Lipinski definition) is 4. The number of amides is 2. The molecule has 0 aromatic carbocycles. The summed E-state index contributed by atoms with van der Waals surface area (Å²) in [5, 5.41) is 22.5. The van der Waals surface area contributed by atoms with Crippen LogP contribution in [0.5, 0.6) is 0 Å². The zero-order valence-electron chi connectivity index (χ0n) is 9.98. The normalized spacial score (nSPS) is 26.0. The molecule has 1 aliphatic carbocycles. The van der Waals surface area contributed by atoms with E-state index in [2.05, 4.69) is 17.6 Å². The van der Waals surface area contributed by atoms with Gasteiger partial charge < -0.3 is 20.8 Å². The number of rotatable bonds is 4. The van der Waals surface area contributed by atoms with Gasteiger partial charge >= 0.3 is 12.0 Å². The minimum Gasteiger partial charge on any atom is -0.480 e. The van der Waals surface area contributed by atoms with Crippen molar-refractivity contribution in [3.63, 3.8) is 0 Å². The van der Waals surface area contributed by atoms with Crippen LogP contribution >= 0.6 is 0 Å². The van der Waals surface area contributed by atoms with Crippen molar-refractivity contribution in [3.05, 3.63) is 0 Å². The lowest BCUT2D eigenvalue weighted by Gasteiger charge is -2.29. The Labute approximate surface area is 100 Å². The molecule has 1 fully saturated rings. The van der Waals surface area contributed by atoms with Gasteiger partial charge in [0.1, 0.15) is 0 Å². The molecular formula is C11H20N2O4. The minimum absolute atomic E-state index is 0.0943. The molecule has 98 valence electrons. The van der Waals surface area contributed by atoms with Crippen molar-refractivity contribution < 1.29 is 19.8 Å². The molecule has 3 atom stereocenters. The molecule has 2 amide bonds. The topological polar surface area (TPSA) is 98.7 Å². The molecule has 0 aromatic rings. The van der Waals surface area contributed by atoms with E-state index in [4.69, 9.17) is 10.2 Å². The van der Waals surface area contributed by atoms with Gasteiger partial charge in [0.2, 0.25) is 0 Å². The lowest BCUT2D eigenvalue weighted by molar-refractivity contribution is -0.140. The number of nitrogens with one attached hydrogen (secondary N) is 2. The summed E-state index contributed by atoms with van der Waals surface area (Å²) >= 11 is 0. The number of urea groups is 1. The molecule has 1 rings (SSSR count). The molecule has 0 spiro atoms. The summed E-state index contributed by atoms with van der Waals surface area (Å²) < 4.78 is 0. The summed E-state index contributed by atoms with van der Waals surface area (Å²) in [6, 6.07) is -1.67. The van der Waals surface area contributed by atoms with Crippen molar-refractivity contribution in [3.8, 4) is 0 Å². The SMILES string of the molecule is CC1CCCCC1NC(=O)NC(CO)C(=O)O. The second kappa shape index (κ2) is 6.44. The minimum atomic E-state index is -1.24. The van der Waals surface area contributed by atoms with Crippen LogP contribution in [0.2, 0.25) is 0 Å². The summed E-state index contributed by atoms with van der Waals surface area (Å²) in [5.41, 5.74) is 0. The Balaban J connectivity index is 2.40. The Morgan fingerprint density at radius 1 is 1.35 bits per heavy atom. The molecule has 4 N–H and O–H groups in total. The lowest BCUT2D eigenvalue weighted by atomic mass is 9.86. The maximum absolute atomic E-state index is 11.5. The molecule has 0 aromatic heterocycles. The molecule has 6 nitrogen and oxygen atoms in total. The lowest BCUT2D eigenvalue weighted by Crippen LogP contribution is -2.52. The van der Waals surface area contributed by atoms with Crippen LogP contribution in [-0.4, -0.2) is 40.9 Å². The molecule has 1 saturated carbocycles. The van der Waals surface area contributed by atoms with Gasteiger partial charge in [-0.1, -0.05) is 19.8 Å². The first-order valence-corrected chi connectivity index (χ1v) is 5.95. The van der Waals surface area contributed by atoms with Gasteiger partial charge in [0, 0.05) is 6.04 Å². The number of aliphatic hydroxyl groups excluding tert-OH is 1. The standard InChI is InChI=1S/C11H20N2O4/c1-7-4-2-3-5-8(7)12-11(17)13-9(6-14)10(15)16/h7-9,14H,2-6H2,1H3,(H,15,16)(H2,12,13,17). The molecule has 3 unspecified atom stereocenters. The molecule has 6 heteroatoms. The zero-order chi connectivity index (χ0) is 12.8. The summed E-state index contributed by atoms with van der Waals surface area (Å²) in [6.07, 6.45) is 4.26. The highest BCUT2D eigenvalue weighted by Gasteiger charge is 2.25. The Bertz CT molecular complexity index is 283. The quantitative estimate of drug-likeness (QED) is 0.572. The number of aliphatic hydroxyl groups is 1. The molecular weight excluding hydrogens is 224 g/mol. The third kappa shape index (κ3) is 4.22. The number of carbonyl (C=O) groups is 2. The number of aliphatic carboxylic acids is 1. The Morgan fingerprint density at radius 3 is 2.53 bits per heavy atom. The first kappa shape index (κ1) is 13.8. The van der Waals surface area contributed by atoms with Gasteiger partial charge in [-0.2, -0.15) is 0 Å². The van der Waals surface area contributed by atoms with Crippen LogP contribution in [0.3, 0.4) is 0 Å². The first-order chi connectivity index (χ1) is 8.04. The first-order valence-electron chi connectivity index (χ1n) is 5.95. The van der Waals surface area contributed by atoms with Crippen LogP contribution in [0.4, 0.5) is 4.79 Å². The fourth-order valence-corrected chi connectivity index (χ4v) is 2.08. The smallest absolute Gasteiger partial charge is 0.328 e. The van der Waals surface area contributed by atoms with Crippen LogP contribution in [-0.2, 0) is 4.79 Å². The molecule has 0 heterocycles. The van der Waals surface area contributed by atoms with Gasteiger partial charge in [-0.25, -0.2) is 9.59 Å². The van der Waals surface area contributed by atoms with Crippen molar-refractivity contribution in [1.29, 1.82) is 0 Å². The number of carboxylic acid groups (broad SMARTS) is 1. The summed E-state index contributed by atoms with van der Waals surface area (Å²) in [6.45, 7) is 1.47. The second-order valence-corrected chi connectivity index (χ2v) is 4.56. The average Bonchev–Trinajstić information content (AvgIpc) is 2.28. The molecule has 1 aliphatic rings. The predicted molar refractivity (Wildman–Crippen MR) is 61.6 cm³/mol. The largest absolute Gasteiger partial charge is 0.480 e. The second-order valence-electron chi connectivity index (χ2n) is 4.56. The van der Waals surface area contributed by atoms with E-state index in [0.29, 0.717) is 5.92 Å². The van der Waals surface area contributed by atoms with E-state index >= 15 is 0 Å². The Morgan fingerprint density at radius 2 is 2.00 bits per heavy atom. The van der Waals surface area contributed by atoms with E-state index in [1.807, 2.05) is 0 Å². The van der Waals surface area contributed by atoms with Crippen LogP contribution in [0, 0.1) is 5.92 Å². The van der Waals surface area contributed by atoms with Gasteiger partial charge in [-0.05, 0) is 18.8 Å². The zero-order valence-corrected chi connectivity index (χ0v) is 9.98. The number of hydrogen-bond acceptors (Lipinski definition) is 3. The van der Waals surface area contributed by atoms with Crippen molar-refractivity contribution in [1.82, 2.24) is 10.6 Å². The van der Waals surface area contributed by atoms with Gasteiger partial charge in [-0.3, -0.25) is 0 Å². The van der Waals surface area contributed by atoms with Gasteiger partial charge in [-0.15, -0.1) is 0 Å². The predicted octanol–water partition coefficient (Wildman–Crippen LogP) is 0.310. The van der Waals surface area contributed by atoms with E-state index in [-0.39, 0.29) is 6.04 Å². The van der Waals surface area contributed by atoms with Crippen LogP contribution in [0.25, 0.3) is 0 Å². The van der Waals surface area contributed by atoms with Gasteiger partial charge in [0.25, 0.3) is 0 Å². The third-order valence-corrected chi connectivity index (χ3v) is 3.21. The monoisotopic (exact) mass is 244 g/mol. The van der Waals surface area contributed by atoms with Crippen molar-refractivity contribution >= 4 is 12.0 Å². The van der Waals surface area contributed by atoms with Crippen LogP contribution in [0.15, 0.2) is 0 Å². The maximum atomic E-state index is 11.5. The van der Waals surface area contributed by atoms with E-state index in [0.717, 1.165) is 19.3 Å². The number of carbonyl (C=O) groups excluding carboxylic acids is 1. The summed E-state index contributed by atoms with van der Waals surface area (Å²) in [7, 11) is 0. The van der Waals surface area contributed by atoms with Gasteiger partial charge in [0.15, 0.2) is 6.04 Å². The van der Waals surface area contributed by atoms with Crippen LogP contribution < -0.4 is 10.6 Å². The van der Waals surface area contributed by atoms with E-state index in [1.165, 1.54) is 6.42 Å². The molecule has 17 heavy (non-hydrogen) atoms. The molecule has 0 radical (unpaired) electrons.